The number of nitrogens with one attached hydrogen (secondary N) is 1. The number of benzene rings is 2. The third-order valence-corrected chi connectivity index (χ3v) is 5.85. The van der Waals surface area contributed by atoms with Gasteiger partial charge in [0.05, 0.1) is 12.6 Å². The lowest BCUT2D eigenvalue weighted by Gasteiger charge is -2.29. The van der Waals surface area contributed by atoms with Gasteiger partial charge in [0.1, 0.15) is 29.0 Å². The van der Waals surface area contributed by atoms with E-state index in [1.54, 1.807) is 36.1 Å². The molecule has 0 bridgehead atoms. The molecule has 1 aliphatic rings. The zero-order valence-electron chi connectivity index (χ0n) is 16.2. The Morgan fingerprint density at radius 1 is 1.20 bits per heavy atom. The first-order valence-electron chi connectivity index (χ1n) is 9.45. The van der Waals surface area contributed by atoms with Crippen molar-refractivity contribution in [2.45, 2.75) is 26.1 Å². The number of halogens is 3. The third kappa shape index (κ3) is 4.04. The minimum atomic E-state index is -0.588. The summed E-state index contributed by atoms with van der Waals surface area (Å²) < 4.78 is 30.0. The molecule has 6 nitrogen and oxygen atoms in total. The van der Waals surface area contributed by atoms with Gasteiger partial charge >= 0.3 is 0 Å². The van der Waals surface area contributed by atoms with Crippen LogP contribution in [0.5, 0.6) is 0 Å². The van der Waals surface area contributed by atoms with E-state index in [0.29, 0.717) is 46.2 Å². The van der Waals surface area contributed by atoms with Crippen molar-refractivity contribution in [2.75, 3.05) is 11.9 Å². The van der Waals surface area contributed by atoms with Crippen molar-refractivity contribution < 1.29 is 13.6 Å². The molecule has 1 aromatic heterocycles. The number of carbonyl (C=O) groups excluding carboxylic acids is 1. The fourth-order valence-electron chi connectivity index (χ4n) is 3.45. The average Bonchev–Trinajstić information content (AvgIpc) is 3.08. The molecule has 0 spiro atoms. The van der Waals surface area contributed by atoms with E-state index < -0.39 is 6.04 Å². The van der Waals surface area contributed by atoms with Crippen LogP contribution in [0.1, 0.15) is 12.7 Å². The van der Waals surface area contributed by atoms with Crippen molar-refractivity contribution in [3.63, 3.8) is 0 Å². The molecule has 9 heteroatoms. The van der Waals surface area contributed by atoms with Crippen LogP contribution in [0.15, 0.2) is 42.5 Å². The van der Waals surface area contributed by atoms with Crippen LogP contribution in [0.25, 0.3) is 11.3 Å². The maximum atomic E-state index is 14.1. The van der Waals surface area contributed by atoms with Crippen LogP contribution < -0.4 is 11.1 Å². The number of amides is 1. The largest absolute Gasteiger partial charge is 0.340 e. The van der Waals surface area contributed by atoms with Gasteiger partial charge in [-0.25, -0.2) is 13.8 Å². The molecule has 2 heterocycles. The molecule has 2 aromatic carbocycles. The summed E-state index contributed by atoms with van der Waals surface area (Å²) in [6.45, 7) is 2.97. The highest BCUT2D eigenvalue weighted by molar-refractivity contribution is 14.1. The number of anilines is 2. The molecule has 0 saturated carbocycles. The second-order valence-corrected chi connectivity index (χ2v) is 8.35. The second-order valence-electron chi connectivity index (χ2n) is 7.19. The van der Waals surface area contributed by atoms with Crippen molar-refractivity contribution in [3.8, 4) is 11.3 Å². The summed E-state index contributed by atoms with van der Waals surface area (Å²) in [6, 6.07) is 10.3. The van der Waals surface area contributed by atoms with E-state index in [2.05, 4.69) is 5.32 Å². The normalized spacial score (nSPS) is 14.4. The van der Waals surface area contributed by atoms with Crippen molar-refractivity contribution in [2.24, 2.45) is 5.73 Å². The monoisotopic (exact) mass is 523 g/mol. The maximum absolute atomic E-state index is 14.1. The summed E-state index contributed by atoms with van der Waals surface area (Å²) in [5.41, 5.74) is 7.66. The predicted octanol–water partition coefficient (Wildman–Crippen LogP) is 3.87. The van der Waals surface area contributed by atoms with Gasteiger partial charge in [-0.2, -0.15) is 0 Å². The molecule has 0 aliphatic carbocycles. The Balaban J connectivity index is 1.76. The van der Waals surface area contributed by atoms with E-state index in [4.69, 9.17) is 10.7 Å². The number of nitrogens with zero attached hydrogens (tertiary/aromatic N) is 3. The van der Waals surface area contributed by atoms with Gasteiger partial charge < -0.3 is 20.5 Å². The summed E-state index contributed by atoms with van der Waals surface area (Å²) >= 11 is 1.93. The molecule has 156 valence electrons. The fraction of sp³-hybridized carbons (Fsp3) is 0.238. The minimum Gasteiger partial charge on any atom is -0.340 e. The highest BCUT2D eigenvalue weighted by Crippen LogP contribution is 2.33. The third-order valence-electron chi connectivity index (χ3n) is 4.97. The summed E-state index contributed by atoms with van der Waals surface area (Å²) in [4.78, 5) is 18.7. The van der Waals surface area contributed by atoms with E-state index in [1.165, 1.54) is 18.2 Å². The Labute approximate surface area is 186 Å². The van der Waals surface area contributed by atoms with Gasteiger partial charge in [0.2, 0.25) is 5.91 Å². The number of hydrogen-bond acceptors (Lipinski definition) is 4. The number of rotatable bonds is 4. The lowest BCUT2D eigenvalue weighted by molar-refractivity contribution is -0.133. The summed E-state index contributed by atoms with van der Waals surface area (Å²) in [5, 5.41) is 3.26. The molecule has 30 heavy (non-hydrogen) atoms. The van der Waals surface area contributed by atoms with Crippen LogP contribution in [-0.4, -0.2) is 32.9 Å². The summed E-state index contributed by atoms with van der Waals surface area (Å²) in [6.07, 6.45) is 0. The zero-order valence-corrected chi connectivity index (χ0v) is 18.4. The summed E-state index contributed by atoms with van der Waals surface area (Å²) in [7, 11) is 0. The first kappa shape index (κ1) is 20.7. The van der Waals surface area contributed by atoms with Crippen LogP contribution in [0.2, 0.25) is 0 Å². The van der Waals surface area contributed by atoms with E-state index in [1.807, 2.05) is 27.2 Å². The SMILES string of the molecule is CC(N)C(=O)N1CCn2c(nc(-c3ccc(F)cc3)c2Nc2ccc(I)c(F)c2)C1. The van der Waals surface area contributed by atoms with Gasteiger partial charge in [-0.15, -0.1) is 0 Å². The van der Waals surface area contributed by atoms with E-state index in [0.717, 1.165) is 5.56 Å². The van der Waals surface area contributed by atoms with Gasteiger partial charge in [0.25, 0.3) is 0 Å². The van der Waals surface area contributed by atoms with E-state index >= 15 is 0 Å². The lowest BCUT2D eigenvalue weighted by Crippen LogP contribution is -2.45. The van der Waals surface area contributed by atoms with Crippen molar-refractivity contribution in [3.05, 3.63) is 63.5 Å². The molecule has 3 aromatic rings. The van der Waals surface area contributed by atoms with E-state index in [-0.39, 0.29) is 17.5 Å². The highest BCUT2D eigenvalue weighted by atomic mass is 127. The van der Waals surface area contributed by atoms with Gasteiger partial charge in [-0.3, -0.25) is 4.79 Å². The molecular weight excluding hydrogens is 503 g/mol. The van der Waals surface area contributed by atoms with Crippen LogP contribution in [0.4, 0.5) is 20.3 Å². The Morgan fingerprint density at radius 2 is 1.93 bits per heavy atom. The Hall–Kier alpha value is -2.53. The fourth-order valence-corrected chi connectivity index (χ4v) is 3.79. The van der Waals surface area contributed by atoms with Crippen molar-refractivity contribution in [1.82, 2.24) is 14.5 Å². The number of carbonyl (C=O) groups is 1. The van der Waals surface area contributed by atoms with Crippen LogP contribution in [0.3, 0.4) is 0 Å². The van der Waals surface area contributed by atoms with Crippen molar-refractivity contribution >= 4 is 40.0 Å². The van der Waals surface area contributed by atoms with Gasteiger partial charge in [-0.05, 0) is 72.0 Å². The lowest BCUT2D eigenvalue weighted by atomic mass is 10.1. The molecule has 0 fully saturated rings. The Kier molecular flexibility index (Phi) is 5.74. The first-order valence-corrected chi connectivity index (χ1v) is 10.5. The van der Waals surface area contributed by atoms with Crippen LogP contribution >= 0.6 is 22.6 Å². The number of nitrogens with two attached hydrogens (primary N) is 1. The van der Waals surface area contributed by atoms with E-state index in [9.17, 15) is 13.6 Å². The molecule has 4 rings (SSSR count). The molecule has 1 amide bonds. The molecule has 1 atom stereocenters. The molecule has 0 radical (unpaired) electrons. The van der Waals surface area contributed by atoms with Gasteiger partial charge in [-0.1, -0.05) is 0 Å². The number of hydrogen-bond donors (Lipinski definition) is 2. The second kappa shape index (κ2) is 8.31. The first-order chi connectivity index (χ1) is 14.3. The standard InChI is InChI=1S/C21H20F2IN5O/c1-12(25)21(30)28-8-9-29-18(11-28)27-19(13-2-4-14(22)5-3-13)20(29)26-15-6-7-17(24)16(23)10-15/h2-7,10,12,26H,8-9,11,25H2,1H3. The summed E-state index contributed by atoms with van der Waals surface area (Å²) in [5.74, 6) is 0.552. The smallest absolute Gasteiger partial charge is 0.239 e. The van der Waals surface area contributed by atoms with Crippen LogP contribution in [-0.2, 0) is 17.9 Å². The zero-order chi connectivity index (χ0) is 21.4. The molecular formula is C21H20F2IN5O. The van der Waals surface area contributed by atoms with Crippen LogP contribution in [0, 0.1) is 15.2 Å². The number of fused-ring (bicyclic) bond motifs is 1. The predicted molar refractivity (Wildman–Crippen MR) is 119 cm³/mol. The molecule has 0 saturated heterocycles. The molecule has 3 N–H and O–H groups in total. The highest BCUT2D eigenvalue weighted by Gasteiger charge is 2.28. The topological polar surface area (TPSA) is 76.2 Å². The quantitative estimate of drug-likeness (QED) is 0.510. The molecule has 1 unspecified atom stereocenters. The van der Waals surface area contributed by atoms with Gasteiger partial charge in [0.15, 0.2) is 0 Å². The molecule has 1 aliphatic heterocycles. The number of aromatic nitrogens is 2. The maximum Gasteiger partial charge on any atom is 0.239 e. The number of imidazole rings is 1. The average molecular weight is 523 g/mol. The minimum absolute atomic E-state index is 0.137. The van der Waals surface area contributed by atoms with Gasteiger partial charge in [0, 0.05) is 27.9 Å². The Morgan fingerprint density at radius 3 is 2.60 bits per heavy atom. The Bertz CT molecular complexity index is 1100. The van der Waals surface area contributed by atoms with Crippen molar-refractivity contribution in [1.29, 1.82) is 0 Å².